The van der Waals surface area contributed by atoms with E-state index in [4.69, 9.17) is 21.8 Å². The Morgan fingerprint density at radius 3 is 1.89 bits per heavy atom. The number of hydrogen-bond donors (Lipinski definition) is 1. The molecule has 0 aliphatic rings. The second-order valence-electron chi connectivity index (χ2n) is 9.55. The molecule has 184 valence electrons. The highest BCUT2D eigenvalue weighted by atomic mass is 35.5. The van der Waals surface area contributed by atoms with Crippen LogP contribution in [-0.2, 0) is 0 Å². The van der Waals surface area contributed by atoms with Crippen LogP contribution >= 0.6 is 11.6 Å². The van der Waals surface area contributed by atoms with E-state index in [9.17, 15) is 9.18 Å². The summed E-state index contributed by atoms with van der Waals surface area (Å²) in [7, 11) is -3.11. The number of hydrogen-bond acceptors (Lipinski definition) is 2. The number of benzene rings is 4. The van der Waals surface area contributed by atoms with Crippen LogP contribution in [0, 0.1) is 11.6 Å². The highest BCUT2D eigenvalue weighted by molar-refractivity contribution is 7.00. The molecule has 7 heteroatoms. The van der Waals surface area contributed by atoms with Crippen molar-refractivity contribution < 1.29 is 18.0 Å². The third-order valence-corrected chi connectivity index (χ3v) is 11.5. The standard InChI is InChI=1S/C29H26ClF2NO2Si/c1-29(2,3)36(19-11-6-4-7-12-19,20-13-8-5-9-14-20)35-26-16-10-15-24(31)27(26)21-18-25(32)22(28(33)34)17-23(21)30/h4-18H,1-3H3,(H2,33,34). The molecule has 0 aliphatic heterocycles. The van der Waals surface area contributed by atoms with Crippen LogP contribution in [0.25, 0.3) is 11.1 Å². The zero-order chi connectivity index (χ0) is 26.1. The van der Waals surface area contributed by atoms with Crippen molar-refractivity contribution >= 4 is 36.2 Å². The Morgan fingerprint density at radius 1 is 0.833 bits per heavy atom. The second kappa shape index (κ2) is 9.88. The molecule has 0 aliphatic carbocycles. The fourth-order valence-corrected chi connectivity index (χ4v) is 9.28. The topological polar surface area (TPSA) is 52.3 Å². The van der Waals surface area contributed by atoms with E-state index in [2.05, 4.69) is 20.8 Å². The Labute approximate surface area is 215 Å². The molecule has 0 atom stereocenters. The van der Waals surface area contributed by atoms with Crippen LogP contribution in [0.3, 0.4) is 0 Å². The zero-order valence-electron chi connectivity index (χ0n) is 20.2. The molecule has 0 aromatic heterocycles. The highest BCUT2D eigenvalue weighted by Gasteiger charge is 2.52. The van der Waals surface area contributed by atoms with E-state index in [1.54, 1.807) is 12.1 Å². The molecule has 4 aromatic carbocycles. The first-order chi connectivity index (χ1) is 17.1. The molecule has 0 saturated heterocycles. The fraction of sp³-hybridized carbons (Fsp3) is 0.138. The first kappa shape index (κ1) is 25.6. The van der Waals surface area contributed by atoms with Gasteiger partial charge in [0.2, 0.25) is 0 Å². The van der Waals surface area contributed by atoms with Crippen LogP contribution in [0.5, 0.6) is 5.75 Å². The lowest BCUT2D eigenvalue weighted by molar-refractivity contribution is 0.0996. The molecule has 36 heavy (non-hydrogen) atoms. The van der Waals surface area contributed by atoms with Gasteiger partial charge < -0.3 is 10.2 Å². The molecule has 0 fully saturated rings. The third-order valence-electron chi connectivity index (χ3n) is 6.25. The molecule has 0 saturated carbocycles. The summed E-state index contributed by atoms with van der Waals surface area (Å²) in [5.41, 5.74) is 4.99. The normalized spacial score (nSPS) is 11.8. The van der Waals surface area contributed by atoms with Crippen molar-refractivity contribution in [3.63, 3.8) is 0 Å². The maximum atomic E-state index is 15.4. The monoisotopic (exact) mass is 521 g/mol. The van der Waals surface area contributed by atoms with Crippen molar-refractivity contribution in [3.8, 4) is 16.9 Å². The lowest BCUT2D eigenvalue weighted by Crippen LogP contribution is -2.68. The van der Waals surface area contributed by atoms with Gasteiger partial charge in [-0.1, -0.05) is 99.1 Å². The predicted octanol–water partition coefficient (Wildman–Crippen LogP) is 6.32. The van der Waals surface area contributed by atoms with Crippen molar-refractivity contribution in [2.75, 3.05) is 0 Å². The third kappa shape index (κ3) is 4.54. The summed E-state index contributed by atoms with van der Waals surface area (Å²) in [4.78, 5) is 11.6. The number of carbonyl (C=O) groups is 1. The molecular weight excluding hydrogens is 496 g/mol. The average Bonchev–Trinajstić information content (AvgIpc) is 2.84. The number of rotatable bonds is 6. The minimum atomic E-state index is -3.11. The molecule has 0 bridgehead atoms. The highest BCUT2D eigenvalue weighted by Crippen LogP contribution is 2.43. The van der Waals surface area contributed by atoms with Crippen LogP contribution in [-0.4, -0.2) is 14.2 Å². The number of nitrogens with two attached hydrogens (primary N) is 1. The fourth-order valence-electron chi connectivity index (χ4n) is 4.59. The zero-order valence-corrected chi connectivity index (χ0v) is 21.9. The molecule has 0 spiro atoms. The van der Waals surface area contributed by atoms with Crippen LogP contribution in [0.15, 0.2) is 91.0 Å². The van der Waals surface area contributed by atoms with Crippen LogP contribution in [0.4, 0.5) is 8.78 Å². The van der Waals surface area contributed by atoms with E-state index in [1.165, 1.54) is 6.07 Å². The van der Waals surface area contributed by atoms with Crippen molar-refractivity contribution in [2.45, 2.75) is 25.8 Å². The molecule has 0 unspecified atom stereocenters. The van der Waals surface area contributed by atoms with Gasteiger partial charge in [-0.15, -0.1) is 0 Å². The number of amides is 1. The molecule has 4 rings (SSSR count). The first-order valence-electron chi connectivity index (χ1n) is 11.4. The van der Waals surface area contributed by atoms with Gasteiger partial charge in [-0.2, -0.15) is 0 Å². The van der Waals surface area contributed by atoms with Gasteiger partial charge in [-0.25, -0.2) is 8.78 Å². The van der Waals surface area contributed by atoms with Gasteiger partial charge in [0.05, 0.1) is 11.1 Å². The quantitative estimate of drug-likeness (QED) is 0.302. The largest absolute Gasteiger partial charge is 0.533 e. The first-order valence-corrected chi connectivity index (χ1v) is 13.7. The molecule has 0 heterocycles. The van der Waals surface area contributed by atoms with Crippen molar-refractivity contribution in [1.29, 1.82) is 0 Å². The molecule has 1 amide bonds. The van der Waals surface area contributed by atoms with Gasteiger partial charge in [-0.05, 0) is 39.7 Å². The lowest BCUT2D eigenvalue weighted by Gasteiger charge is -2.43. The Balaban J connectivity index is 2.01. The van der Waals surface area contributed by atoms with Crippen molar-refractivity contribution in [2.24, 2.45) is 5.73 Å². The van der Waals surface area contributed by atoms with Crippen LogP contribution in [0.1, 0.15) is 31.1 Å². The van der Waals surface area contributed by atoms with Crippen LogP contribution < -0.4 is 20.5 Å². The van der Waals surface area contributed by atoms with E-state index in [-0.39, 0.29) is 32.5 Å². The Hall–Kier alpha value is -3.48. The van der Waals surface area contributed by atoms with E-state index < -0.39 is 25.9 Å². The van der Waals surface area contributed by atoms with Gasteiger partial charge in [0.1, 0.15) is 17.4 Å². The molecule has 0 radical (unpaired) electrons. The summed E-state index contributed by atoms with van der Waals surface area (Å²) in [6.07, 6.45) is 0. The summed E-state index contributed by atoms with van der Waals surface area (Å²) in [6, 6.07) is 26.4. The SMILES string of the molecule is CC(C)(C)[Si](Oc1cccc(F)c1-c1cc(F)c(C(N)=O)cc1Cl)(c1ccccc1)c1ccccc1. The maximum Gasteiger partial charge on any atom is 0.319 e. The average molecular weight is 522 g/mol. The second-order valence-corrected chi connectivity index (χ2v) is 14.2. The smallest absolute Gasteiger partial charge is 0.319 e. The van der Waals surface area contributed by atoms with Gasteiger partial charge in [0.15, 0.2) is 0 Å². The van der Waals surface area contributed by atoms with Crippen molar-refractivity contribution in [3.05, 3.63) is 113 Å². The van der Waals surface area contributed by atoms with Gasteiger partial charge >= 0.3 is 8.32 Å². The van der Waals surface area contributed by atoms with E-state index in [1.807, 2.05) is 60.7 Å². The number of primary amides is 1. The molecular formula is C29H26ClF2NO2Si. The summed E-state index contributed by atoms with van der Waals surface area (Å²) >= 11 is 6.43. The Bertz CT molecular complexity index is 1370. The van der Waals surface area contributed by atoms with E-state index in [0.717, 1.165) is 22.5 Å². The van der Waals surface area contributed by atoms with Crippen molar-refractivity contribution in [1.82, 2.24) is 0 Å². The minimum absolute atomic E-state index is 0.0115. The Kier molecular flexibility index (Phi) is 7.02. The summed E-state index contributed by atoms with van der Waals surface area (Å²) in [5.74, 6) is -2.24. The predicted molar refractivity (Wildman–Crippen MR) is 144 cm³/mol. The summed E-state index contributed by atoms with van der Waals surface area (Å²) in [5, 5.41) is 1.60. The number of carbonyl (C=O) groups excluding carboxylic acids is 1. The van der Waals surface area contributed by atoms with Crippen LogP contribution in [0.2, 0.25) is 10.1 Å². The lowest BCUT2D eigenvalue weighted by atomic mass is 10.0. The molecule has 4 aromatic rings. The Morgan fingerprint density at radius 2 is 1.39 bits per heavy atom. The minimum Gasteiger partial charge on any atom is -0.533 e. The summed E-state index contributed by atoms with van der Waals surface area (Å²) < 4.78 is 37.2. The van der Waals surface area contributed by atoms with Gasteiger partial charge in [0, 0.05) is 10.6 Å². The van der Waals surface area contributed by atoms with Gasteiger partial charge in [-0.3, -0.25) is 4.79 Å². The summed E-state index contributed by atoms with van der Waals surface area (Å²) in [6.45, 7) is 6.31. The molecule has 2 N–H and O–H groups in total. The van der Waals surface area contributed by atoms with E-state index >= 15 is 4.39 Å². The maximum absolute atomic E-state index is 15.4. The molecule has 3 nitrogen and oxygen atoms in total. The van der Waals surface area contributed by atoms with E-state index in [0.29, 0.717) is 0 Å². The van der Waals surface area contributed by atoms with Gasteiger partial charge in [0.25, 0.3) is 5.91 Å². The number of halogens is 3.